The van der Waals surface area contributed by atoms with Crippen LogP contribution >= 0.6 is 0 Å². The Morgan fingerprint density at radius 2 is 1.96 bits per heavy atom. The number of rotatable bonds is 3. The molecule has 138 valence electrons. The highest BCUT2D eigenvalue weighted by Crippen LogP contribution is 2.31. The quantitative estimate of drug-likeness (QED) is 0.841. The summed E-state index contributed by atoms with van der Waals surface area (Å²) in [6, 6.07) is 5.54. The van der Waals surface area contributed by atoms with Crippen molar-refractivity contribution < 1.29 is 19.1 Å². The van der Waals surface area contributed by atoms with Gasteiger partial charge in [-0.25, -0.2) is 4.79 Å². The van der Waals surface area contributed by atoms with E-state index < -0.39 is 0 Å². The molecule has 1 fully saturated rings. The molecule has 0 unspecified atom stereocenters. The smallest absolute Gasteiger partial charge is 0.414 e. The van der Waals surface area contributed by atoms with E-state index in [4.69, 9.17) is 4.74 Å². The number of likely N-dealkylation sites (tertiary alicyclic amines) is 1. The molecule has 3 rings (SSSR count). The molecule has 0 saturated carbocycles. The Kier molecular flexibility index (Phi) is 5.25. The van der Waals surface area contributed by atoms with E-state index in [1.807, 2.05) is 12.1 Å². The average Bonchev–Trinajstić information content (AvgIpc) is 3.10. The lowest BCUT2D eigenvalue weighted by Crippen LogP contribution is -2.40. The van der Waals surface area contributed by atoms with E-state index in [1.54, 1.807) is 15.9 Å². The van der Waals surface area contributed by atoms with Gasteiger partial charge in [-0.1, -0.05) is 6.58 Å². The Morgan fingerprint density at radius 3 is 2.62 bits per heavy atom. The van der Waals surface area contributed by atoms with Crippen LogP contribution in [0.1, 0.15) is 18.4 Å². The molecule has 0 aromatic heterocycles. The molecule has 7 heteroatoms. The van der Waals surface area contributed by atoms with Gasteiger partial charge in [0.1, 0.15) is 0 Å². The SMILES string of the molecule is C=CC(=O)N1CCC(C(=O)Nc2ccc3c(c2)CCN3C(=O)OC)CC1. The van der Waals surface area contributed by atoms with E-state index in [0.29, 0.717) is 32.5 Å². The van der Waals surface area contributed by atoms with Gasteiger partial charge < -0.3 is 15.0 Å². The molecule has 0 spiro atoms. The first-order chi connectivity index (χ1) is 12.5. The van der Waals surface area contributed by atoms with E-state index in [2.05, 4.69) is 11.9 Å². The molecular formula is C19H23N3O4. The van der Waals surface area contributed by atoms with Crippen molar-refractivity contribution in [2.45, 2.75) is 19.3 Å². The zero-order valence-corrected chi connectivity index (χ0v) is 14.9. The van der Waals surface area contributed by atoms with Crippen LogP contribution in [-0.2, 0) is 20.7 Å². The highest BCUT2D eigenvalue weighted by atomic mass is 16.5. The third-order valence-electron chi connectivity index (χ3n) is 4.99. The van der Waals surface area contributed by atoms with Gasteiger partial charge in [0.05, 0.1) is 12.8 Å². The molecule has 7 nitrogen and oxygen atoms in total. The average molecular weight is 357 g/mol. The summed E-state index contributed by atoms with van der Waals surface area (Å²) in [4.78, 5) is 39.2. The lowest BCUT2D eigenvalue weighted by Gasteiger charge is -2.30. The van der Waals surface area contributed by atoms with Crippen LogP contribution in [0.25, 0.3) is 0 Å². The third-order valence-corrected chi connectivity index (χ3v) is 4.99. The number of hydrogen-bond acceptors (Lipinski definition) is 4. The van der Waals surface area contributed by atoms with Crippen LogP contribution < -0.4 is 10.2 Å². The number of amides is 3. The standard InChI is InChI=1S/C19H23N3O4/c1-3-17(23)21-9-6-13(7-10-21)18(24)20-15-4-5-16-14(12-15)8-11-22(16)19(25)26-2/h3-5,12-13H,1,6-11H2,2H3,(H,20,24). The van der Waals surface area contributed by atoms with Crippen LogP contribution in [0.5, 0.6) is 0 Å². The predicted octanol–water partition coefficient (Wildman–Crippen LogP) is 2.18. The first kappa shape index (κ1) is 18.0. The first-order valence-electron chi connectivity index (χ1n) is 8.74. The minimum Gasteiger partial charge on any atom is -0.452 e. The van der Waals surface area contributed by atoms with Crippen molar-refractivity contribution in [2.75, 3.05) is 37.0 Å². The maximum Gasteiger partial charge on any atom is 0.414 e. The summed E-state index contributed by atoms with van der Waals surface area (Å²) in [5.74, 6) is -0.222. The molecule has 1 saturated heterocycles. The summed E-state index contributed by atoms with van der Waals surface area (Å²) >= 11 is 0. The molecule has 2 aliphatic rings. The van der Waals surface area contributed by atoms with E-state index in [9.17, 15) is 14.4 Å². The molecule has 1 aromatic rings. The summed E-state index contributed by atoms with van der Waals surface area (Å²) in [5, 5.41) is 2.96. The highest BCUT2D eigenvalue weighted by molar-refractivity contribution is 5.95. The first-order valence-corrected chi connectivity index (χ1v) is 8.74. The van der Waals surface area contributed by atoms with Crippen LogP contribution in [0.3, 0.4) is 0 Å². The van der Waals surface area contributed by atoms with Crippen molar-refractivity contribution in [3.8, 4) is 0 Å². The van der Waals surface area contributed by atoms with Gasteiger partial charge in [0.25, 0.3) is 0 Å². The van der Waals surface area contributed by atoms with Crippen molar-refractivity contribution in [2.24, 2.45) is 5.92 Å². The lowest BCUT2D eigenvalue weighted by atomic mass is 9.95. The van der Waals surface area contributed by atoms with E-state index >= 15 is 0 Å². The van der Waals surface area contributed by atoms with Crippen LogP contribution in [0, 0.1) is 5.92 Å². The number of nitrogens with zero attached hydrogens (tertiary/aromatic N) is 2. The van der Waals surface area contributed by atoms with Gasteiger partial charge in [-0.15, -0.1) is 0 Å². The fourth-order valence-corrected chi connectivity index (χ4v) is 3.51. The van der Waals surface area contributed by atoms with Gasteiger partial charge in [-0.3, -0.25) is 14.5 Å². The molecule has 3 amide bonds. The summed E-state index contributed by atoms with van der Waals surface area (Å²) in [6.45, 7) is 5.21. The Morgan fingerprint density at radius 1 is 1.23 bits per heavy atom. The van der Waals surface area contributed by atoms with Crippen LogP contribution in [0.15, 0.2) is 30.9 Å². The summed E-state index contributed by atoms with van der Waals surface area (Å²) in [7, 11) is 1.36. The number of nitrogens with one attached hydrogen (secondary N) is 1. The largest absolute Gasteiger partial charge is 0.452 e. The third kappa shape index (κ3) is 3.56. The second kappa shape index (κ2) is 7.59. The number of fused-ring (bicyclic) bond motifs is 1. The number of hydrogen-bond donors (Lipinski definition) is 1. The summed E-state index contributed by atoms with van der Waals surface area (Å²) in [5.41, 5.74) is 2.57. The van der Waals surface area contributed by atoms with Crippen molar-refractivity contribution in [1.29, 1.82) is 0 Å². The van der Waals surface area contributed by atoms with E-state index in [-0.39, 0.29) is 23.8 Å². The van der Waals surface area contributed by atoms with Crippen LogP contribution in [0.2, 0.25) is 0 Å². The number of benzene rings is 1. The molecule has 1 aromatic carbocycles. The fourth-order valence-electron chi connectivity index (χ4n) is 3.51. The van der Waals surface area contributed by atoms with Crippen molar-refractivity contribution in [1.82, 2.24) is 4.90 Å². The monoisotopic (exact) mass is 357 g/mol. The van der Waals surface area contributed by atoms with Gasteiger partial charge in [-0.2, -0.15) is 0 Å². The number of methoxy groups -OCH3 is 1. The second-order valence-electron chi connectivity index (χ2n) is 6.51. The molecule has 26 heavy (non-hydrogen) atoms. The number of carbonyl (C=O) groups is 3. The highest BCUT2D eigenvalue weighted by Gasteiger charge is 2.28. The minimum absolute atomic E-state index is 0.0292. The molecular weight excluding hydrogens is 334 g/mol. The molecule has 0 aliphatic carbocycles. The van der Waals surface area contributed by atoms with Crippen molar-refractivity contribution in [3.05, 3.63) is 36.4 Å². The second-order valence-corrected chi connectivity index (χ2v) is 6.51. The normalized spacial score (nSPS) is 16.8. The van der Waals surface area contributed by atoms with Gasteiger partial charge in [0.15, 0.2) is 0 Å². The molecule has 0 radical (unpaired) electrons. The Hall–Kier alpha value is -2.83. The van der Waals surface area contributed by atoms with Gasteiger partial charge >= 0.3 is 6.09 Å². The maximum atomic E-state index is 12.5. The minimum atomic E-state index is -0.374. The molecule has 1 N–H and O–H groups in total. The van der Waals surface area contributed by atoms with Crippen molar-refractivity contribution in [3.63, 3.8) is 0 Å². The van der Waals surface area contributed by atoms with Crippen LogP contribution in [-0.4, -0.2) is 49.6 Å². The summed E-state index contributed by atoms with van der Waals surface area (Å²) in [6.07, 6.45) is 2.96. The molecule has 0 bridgehead atoms. The number of piperidine rings is 1. The molecule has 0 atom stereocenters. The zero-order valence-electron chi connectivity index (χ0n) is 14.9. The van der Waals surface area contributed by atoms with E-state index in [1.165, 1.54) is 13.2 Å². The molecule has 2 aliphatic heterocycles. The predicted molar refractivity (Wildman–Crippen MR) is 98.0 cm³/mol. The van der Waals surface area contributed by atoms with E-state index in [0.717, 1.165) is 23.4 Å². The Balaban J connectivity index is 1.60. The lowest BCUT2D eigenvalue weighted by molar-refractivity contribution is -0.130. The van der Waals surface area contributed by atoms with Gasteiger partial charge in [0, 0.05) is 31.2 Å². The number of carbonyl (C=O) groups excluding carboxylic acids is 3. The number of ether oxygens (including phenoxy) is 1. The Labute approximate surface area is 152 Å². The van der Waals surface area contributed by atoms with Gasteiger partial charge in [-0.05, 0) is 49.1 Å². The fraction of sp³-hybridized carbons (Fsp3) is 0.421. The zero-order chi connectivity index (χ0) is 18.7. The topological polar surface area (TPSA) is 79.0 Å². The maximum absolute atomic E-state index is 12.5. The summed E-state index contributed by atoms with van der Waals surface area (Å²) < 4.78 is 4.78. The van der Waals surface area contributed by atoms with Crippen molar-refractivity contribution >= 4 is 29.3 Å². The Bertz CT molecular complexity index is 738. The molecule has 2 heterocycles. The van der Waals surface area contributed by atoms with Gasteiger partial charge in [0.2, 0.25) is 11.8 Å². The number of anilines is 2. The van der Waals surface area contributed by atoms with Crippen LogP contribution in [0.4, 0.5) is 16.2 Å².